The molecule has 0 spiro atoms. The van der Waals surface area contributed by atoms with Gasteiger partial charge in [-0.1, -0.05) is 42.5 Å². The third-order valence-electron chi connectivity index (χ3n) is 6.77. The number of para-hydroxylation sites is 2. The molecule has 2 amide bonds. The lowest BCUT2D eigenvalue weighted by atomic mass is 10.0. The first-order chi connectivity index (χ1) is 21.0. The minimum absolute atomic E-state index is 0.00334. The van der Waals surface area contributed by atoms with Crippen molar-refractivity contribution in [3.05, 3.63) is 126 Å². The van der Waals surface area contributed by atoms with E-state index in [9.17, 15) is 9.59 Å². The fraction of sp³-hybridized carbons (Fsp3) is 0.0588. The van der Waals surface area contributed by atoms with Crippen LogP contribution >= 0.6 is 12.2 Å². The predicted octanol–water partition coefficient (Wildman–Crippen LogP) is 6.45. The highest BCUT2D eigenvalue weighted by molar-refractivity contribution is 7.80. The third-order valence-corrected chi connectivity index (χ3v) is 7.05. The van der Waals surface area contributed by atoms with Crippen molar-refractivity contribution in [3.8, 4) is 23.0 Å². The molecule has 2 heterocycles. The van der Waals surface area contributed by atoms with Crippen LogP contribution in [0.25, 0.3) is 17.0 Å². The summed E-state index contributed by atoms with van der Waals surface area (Å²) in [7, 11) is 1.57. The first kappa shape index (κ1) is 27.6. The minimum Gasteiger partial charge on any atom is -0.496 e. The second-order valence-corrected chi connectivity index (χ2v) is 9.94. The van der Waals surface area contributed by atoms with Gasteiger partial charge in [-0.05, 0) is 84.5 Å². The molecule has 0 unspecified atom stereocenters. The molecule has 8 nitrogen and oxygen atoms in total. The number of fused-ring (bicyclic) bond motifs is 1. The van der Waals surface area contributed by atoms with Crippen LogP contribution < -0.4 is 24.4 Å². The Morgan fingerprint density at radius 3 is 2.42 bits per heavy atom. The lowest BCUT2D eigenvalue weighted by Gasteiger charge is -2.29. The standard InChI is InChI=1S/C34H25N3O5S/c1-40-29-17-12-22(19-24(29)21-41-30-11-5-7-23-8-6-18-35-31(23)30)20-28-32(38)36-34(43)37(33(28)39)25-13-15-27(16-14-25)42-26-9-3-2-4-10-26/h2-20H,21H2,1H3,(H,36,38,43)/b28-20+. The molecule has 0 aliphatic carbocycles. The van der Waals surface area contributed by atoms with Gasteiger partial charge in [-0.25, -0.2) is 0 Å². The molecule has 1 aliphatic heterocycles. The SMILES string of the molecule is COc1ccc(/C=C2\C(=O)NC(=S)N(c3ccc(Oc4ccccc4)cc3)C2=O)cc1COc1cccc2cccnc12. The molecule has 5 aromatic rings. The number of amides is 2. The van der Waals surface area contributed by atoms with Gasteiger partial charge in [0.15, 0.2) is 5.11 Å². The molecule has 1 aliphatic rings. The van der Waals surface area contributed by atoms with Crippen molar-refractivity contribution in [1.29, 1.82) is 0 Å². The van der Waals surface area contributed by atoms with Gasteiger partial charge in [0.25, 0.3) is 11.8 Å². The number of methoxy groups -OCH3 is 1. The highest BCUT2D eigenvalue weighted by Gasteiger charge is 2.34. The number of pyridine rings is 1. The molecule has 43 heavy (non-hydrogen) atoms. The van der Waals surface area contributed by atoms with Crippen molar-refractivity contribution in [1.82, 2.24) is 10.3 Å². The van der Waals surface area contributed by atoms with Crippen LogP contribution in [-0.4, -0.2) is 29.0 Å². The summed E-state index contributed by atoms with van der Waals surface area (Å²) in [5, 5.41) is 3.59. The normalized spacial score (nSPS) is 14.1. The predicted molar refractivity (Wildman–Crippen MR) is 168 cm³/mol. The fourth-order valence-electron chi connectivity index (χ4n) is 4.70. The quantitative estimate of drug-likeness (QED) is 0.127. The zero-order valence-electron chi connectivity index (χ0n) is 23.0. The van der Waals surface area contributed by atoms with Crippen molar-refractivity contribution < 1.29 is 23.8 Å². The number of anilines is 1. The third kappa shape index (κ3) is 5.93. The van der Waals surface area contributed by atoms with E-state index in [1.165, 1.54) is 11.0 Å². The number of carbonyl (C=O) groups is 2. The molecule has 0 atom stereocenters. The maximum Gasteiger partial charge on any atom is 0.270 e. The van der Waals surface area contributed by atoms with Crippen molar-refractivity contribution in [2.45, 2.75) is 6.61 Å². The van der Waals surface area contributed by atoms with E-state index < -0.39 is 11.8 Å². The number of hydrogen-bond acceptors (Lipinski definition) is 7. The number of rotatable bonds is 8. The molecule has 0 saturated carbocycles. The Hall–Kier alpha value is -5.54. The van der Waals surface area contributed by atoms with Crippen LogP contribution in [-0.2, 0) is 16.2 Å². The summed E-state index contributed by atoms with van der Waals surface area (Å²) in [6.07, 6.45) is 3.25. The number of nitrogens with one attached hydrogen (secondary N) is 1. The Bertz CT molecular complexity index is 1870. The van der Waals surface area contributed by atoms with Crippen molar-refractivity contribution in [2.75, 3.05) is 12.0 Å². The average Bonchev–Trinajstić information content (AvgIpc) is 3.03. The summed E-state index contributed by atoms with van der Waals surface area (Å²) >= 11 is 5.36. The summed E-state index contributed by atoms with van der Waals surface area (Å²) in [6.45, 7) is 0.184. The monoisotopic (exact) mass is 587 g/mol. The maximum absolute atomic E-state index is 13.6. The Balaban J connectivity index is 1.24. The van der Waals surface area contributed by atoms with E-state index in [2.05, 4.69) is 10.3 Å². The molecular weight excluding hydrogens is 562 g/mol. The molecule has 1 N–H and O–H groups in total. The van der Waals surface area contributed by atoms with E-state index >= 15 is 0 Å². The number of nitrogens with zero attached hydrogens (tertiary/aromatic N) is 2. The van der Waals surface area contributed by atoms with E-state index in [0.717, 1.165) is 16.5 Å². The second-order valence-electron chi connectivity index (χ2n) is 9.56. The zero-order valence-corrected chi connectivity index (χ0v) is 23.8. The Kier molecular flexibility index (Phi) is 7.80. The van der Waals surface area contributed by atoms with Gasteiger partial charge in [0, 0.05) is 17.1 Å². The maximum atomic E-state index is 13.6. The number of benzene rings is 4. The van der Waals surface area contributed by atoms with Gasteiger partial charge in [-0.3, -0.25) is 24.8 Å². The number of hydrogen-bond donors (Lipinski definition) is 1. The number of aromatic nitrogens is 1. The molecule has 4 aromatic carbocycles. The number of carbonyl (C=O) groups excluding carboxylic acids is 2. The van der Waals surface area contributed by atoms with Crippen LogP contribution in [0.5, 0.6) is 23.0 Å². The molecule has 6 rings (SSSR count). The Morgan fingerprint density at radius 2 is 1.63 bits per heavy atom. The molecule has 212 valence electrons. The summed E-state index contributed by atoms with van der Waals surface area (Å²) in [4.78, 5) is 32.2. The van der Waals surface area contributed by atoms with E-state index in [1.807, 2.05) is 66.7 Å². The molecule has 0 bridgehead atoms. The van der Waals surface area contributed by atoms with Gasteiger partial charge in [0.2, 0.25) is 0 Å². The molecule has 1 saturated heterocycles. The van der Waals surface area contributed by atoms with Gasteiger partial charge in [0.05, 0.1) is 12.8 Å². The summed E-state index contributed by atoms with van der Waals surface area (Å²) in [6, 6.07) is 31.2. The first-order valence-electron chi connectivity index (χ1n) is 13.4. The van der Waals surface area contributed by atoms with Gasteiger partial charge in [-0.15, -0.1) is 0 Å². The minimum atomic E-state index is -0.578. The molecule has 1 aromatic heterocycles. The summed E-state index contributed by atoms with van der Waals surface area (Å²) < 4.78 is 17.5. The number of ether oxygens (including phenoxy) is 3. The van der Waals surface area contributed by atoms with E-state index in [-0.39, 0.29) is 17.3 Å². The summed E-state index contributed by atoms with van der Waals surface area (Å²) in [5.41, 5.74) is 2.54. The lowest BCUT2D eigenvalue weighted by Crippen LogP contribution is -2.54. The molecule has 1 fully saturated rings. The molecule has 9 heteroatoms. The Labute approximate surface area is 253 Å². The van der Waals surface area contributed by atoms with Crippen LogP contribution in [0.15, 0.2) is 115 Å². The van der Waals surface area contributed by atoms with Gasteiger partial charge in [-0.2, -0.15) is 0 Å². The molecular formula is C34H25N3O5S. The lowest BCUT2D eigenvalue weighted by molar-refractivity contribution is -0.122. The van der Waals surface area contributed by atoms with Crippen LogP contribution in [0.2, 0.25) is 0 Å². The van der Waals surface area contributed by atoms with Crippen LogP contribution in [0.1, 0.15) is 11.1 Å². The smallest absolute Gasteiger partial charge is 0.270 e. The topological polar surface area (TPSA) is 90.0 Å². The van der Waals surface area contributed by atoms with E-state index in [4.69, 9.17) is 26.4 Å². The van der Waals surface area contributed by atoms with Crippen LogP contribution in [0.3, 0.4) is 0 Å². The number of thiocarbonyl (C=S) groups is 1. The molecule has 0 radical (unpaired) electrons. The highest BCUT2D eigenvalue weighted by atomic mass is 32.1. The highest BCUT2D eigenvalue weighted by Crippen LogP contribution is 2.29. The van der Waals surface area contributed by atoms with Gasteiger partial charge < -0.3 is 14.2 Å². The van der Waals surface area contributed by atoms with Crippen molar-refractivity contribution >= 4 is 51.8 Å². The van der Waals surface area contributed by atoms with Crippen molar-refractivity contribution in [3.63, 3.8) is 0 Å². The largest absolute Gasteiger partial charge is 0.496 e. The van der Waals surface area contributed by atoms with Gasteiger partial charge in [0.1, 0.15) is 40.7 Å². The fourth-order valence-corrected chi connectivity index (χ4v) is 4.98. The zero-order chi connectivity index (χ0) is 29.8. The first-order valence-corrected chi connectivity index (χ1v) is 13.8. The second kappa shape index (κ2) is 12.1. The van der Waals surface area contributed by atoms with Crippen LogP contribution in [0, 0.1) is 0 Å². The van der Waals surface area contributed by atoms with Gasteiger partial charge >= 0.3 is 0 Å². The van der Waals surface area contributed by atoms with E-state index in [1.54, 1.807) is 49.7 Å². The van der Waals surface area contributed by atoms with Crippen molar-refractivity contribution in [2.24, 2.45) is 0 Å². The van der Waals surface area contributed by atoms with Crippen LogP contribution in [0.4, 0.5) is 5.69 Å². The summed E-state index contributed by atoms with van der Waals surface area (Å²) in [5.74, 6) is 1.41. The van der Waals surface area contributed by atoms with E-state index in [0.29, 0.717) is 34.2 Å². The average molecular weight is 588 g/mol. The Morgan fingerprint density at radius 1 is 0.860 bits per heavy atom.